The van der Waals surface area contributed by atoms with E-state index < -0.39 is 5.97 Å². The molecule has 0 aliphatic rings. The Morgan fingerprint density at radius 1 is 1.58 bits per heavy atom. The van der Waals surface area contributed by atoms with Crippen molar-refractivity contribution in [2.45, 2.75) is 32.9 Å². The third-order valence-electron chi connectivity index (χ3n) is 2.92. The average molecular weight is 280 g/mol. The summed E-state index contributed by atoms with van der Waals surface area (Å²) in [6.45, 7) is 6.38. The van der Waals surface area contributed by atoms with Crippen molar-refractivity contribution in [1.82, 2.24) is 10.3 Å². The number of carboxylic acid groups (broad SMARTS) is 1. The predicted octanol–water partition coefficient (Wildman–Crippen LogP) is 2.77. The third-order valence-corrected chi connectivity index (χ3v) is 4.02. The Balaban J connectivity index is 2.08. The summed E-state index contributed by atoms with van der Waals surface area (Å²) in [5.41, 5.74) is 0.586. The van der Waals surface area contributed by atoms with Crippen molar-refractivity contribution in [1.29, 1.82) is 0 Å². The zero-order valence-electron chi connectivity index (χ0n) is 11.1. The van der Waals surface area contributed by atoms with Crippen molar-refractivity contribution in [3.05, 3.63) is 39.7 Å². The summed E-state index contributed by atoms with van der Waals surface area (Å²) in [6.07, 6.45) is 1.77. The second-order valence-electron chi connectivity index (χ2n) is 4.81. The number of nitrogens with zero attached hydrogens (tertiary/aromatic N) is 1. The van der Waals surface area contributed by atoms with E-state index >= 15 is 0 Å². The van der Waals surface area contributed by atoms with Gasteiger partial charge in [-0.2, -0.15) is 0 Å². The van der Waals surface area contributed by atoms with E-state index in [1.807, 2.05) is 19.2 Å². The van der Waals surface area contributed by atoms with Crippen LogP contribution in [0.1, 0.15) is 40.7 Å². The predicted molar refractivity (Wildman–Crippen MR) is 72.4 cm³/mol. The number of thiazole rings is 1. The zero-order valence-corrected chi connectivity index (χ0v) is 11.9. The molecule has 0 unspecified atom stereocenters. The van der Waals surface area contributed by atoms with Gasteiger partial charge in [-0.15, -0.1) is 11.3 Å². The number of carbonyl (C=O) groups is 1. The van der Waals surface area contributed by atoms with Gasteiger partial charge in [-0.05, 0) is 26.8 Å². The van der Waals surface area contributed by atoms with Gasteiger partial charge in [-0.25, -0.2) is 9.78 Å². The lowest BCUT2D eigenvalue weighted by atomic mass is 10.1. The number of furan rings is 1. The highest BCUT2D eigenvalue weighted by Gasteiger charge is 2.23. The van der Waals surface area contributed by atoms with E-state index in [0.29, 0.717) is 12.3 Å². The fraction of sp³-hybridized carbons (Fsp3) is 0.385. The molecule has 6 heteroatoms. The molecule has 2 N–H and O–H groups in total. The first-order chi connectivity index (χ1) is 8.90. The molecule has 0 bridgehead atoms. The quantitative estimate of drug-likeness (QED) is 0.880. The molecule has 19 heavy (non-hydrogen) atoms. The molecule has 5 nitrogen and oxygen atoms in total. The lowest BCUT2D eigenvalue weighted by Crippen LogP contribution is -2.35. The molecular formula is C13H16N2O3S. The van der Waals surface area contributed by atoms with Crippen LogP contribution in [-0.4, -0.2) is 16.1 Å². The molecular weight excluding hydrogens is 264 g/mol. The molecule has 0 aromatic carbocycles. The van der Waals surface area contributed by atoms with Crippen molar-refractivity contribution >= 4 is 17.3 Å². The highest BCUT2D eigenvalue weighted by molar-refractivity contribution is 7.09. The van der Waals surface area contributed by atoms with Crippen molar-refractivity contribution in [3.63, 3.8) is 0 Å². The second-order valence-corrected chi connectivity index (χ2v) is 5.71. The fourth-order valence-electron chi connectivity index (χ4n) is 1.72. The Morgan fingerprint density at radius 3 is 2.84 bits per heavy atom. The lowest BCUT2D eigenvalue weighted by molar-refractivity contribution is 0.0661. The van der Waals surface area contributed by atoms with Crippen LogP contribution < -0.4 is 5.32 Å². The summed E-state index contributed by atoms with van der Waals surface area (Å²) in [7, 11) is 0. The van der Waals surface area contributed by atoms with Gasteiger partial charge in [-0.1, -0.05) is 0 Å². The maximum atomic E-state index is 10.8. The maximum Gasteiger partial charge on any atom is 0.371 e. The molecule has 2 aromatic heterocycles. The number of aromatic nitrogens is 1. The minimum atomic E-state index is -1.05. The van der Waals surface area contributed by atoms with Gasteiger partial charge in [0.25, 0.3) is 0 Å². The molecule has 0 saturated carbocycles. The monoisotopic (exact) mass is 280 g/mol. The molecule has 0 atom stereocenters. The SMILES string of the molecule is Cc1oc(C(=O)O)cc1CNC(C)(C)c1nccs1. The number of hydrogen-bond acceptors (Lipinski definition) is 5. The van der Waals surface area contributed by atoms with Crippen molar-refractivity contribution in [2.75, 3.05) is 0 Å². The van der Waals surface area contributed by atoms with Crippen molar-refractivity contribution in [3.8, 4) is 0 Å². The molecule has 0 fully saturated rings. The summed E-state index contributed by atoms with van der Waals surface area (Å²) < 4.78 is 5.18. The number of nitrogens with one attached hydrogen (secondary N) is 1. The Hall–Kier alpha value is -1.66. The number of carboxylic acids is 1. The molecule has 2 heterocycles. The average Bonchev–Trinajstić information content (AvgIpc) is 2.95. The van der Waals surface area contributed by atoms with E-state index in [0.717, 1.165) is 10.6 Å². The minimum absolute atomic E-state index is 0.0265. The molecule has 2 rings (SSSR count). The normalized spacial score (nSPS) is 11.7. The topological polar surface area (TPSA) is 75.4 Å². The molecule has 0 spiro atoms. The Morgan fingerprint density at radius 2 is 2.32 bits per heavy atom. The first-order valence-corrected chi connectivity index (χ1v) is 6.76. The Kier molecular flexibility index (Phi) is 3.73. The largest absolute Gasteiger partial charge is 0.475 e. The van der Waals surface area contributed by atoms with E-state index in [1.54, 1.807) is 30.5 Å². The Bertz CT molecular complexity index is 573. The second kappa shape index (κ2) is 5.14. The Labute approximate surface area is 115 Å². The van der Waals surface area contributed by atoms with Crippen LogP contribution in [0, 0.1) is 6.92 Å². The highest BCUT2D eigenvalue weighted by Crippen LogP contribution is 2.23. The van der Waals surface area contributed by atoms with Gasteiger partial charge in [0.05, 0.1) is 5.54 Å². The van der Waals surface area contributed by atoms with Crippen LogP contribution in [-0.2, 0) is 12.1 Å². The van der Waals surface area contributed by atoms with Crippen molar-refractivity contribution < 1.29 is 14.3 Å². The van der Waals surface area contributed by atoms with E-state index in [2.05, 4.69) is 10.3 Å². The number of aryl methyl sites for hydroxylation is 1. The molecule has 0 aliphatic heterocycles. The van der Waals surface area contributed by atoms with Crippen LogP contribution in [0.2, 0.25) is 0 Å². The number of hydrogen-bond donors (Lipinski definition) is 2. The van der Waals surface area contributed by atoms with E-state index in [9.17, 15) is 4.79 Å². The molecule has 0 saturated heterocycles. The van der Waals surface area contributed by atoms with Gasteiger partial charge >= 0.3 is 5.97 Å². The van der Waals surface area contributed by atoms with Gasteiger partial charge in [0.15, 0.2) is 0 Å². The summed E-state index contributed by atoms with van der Waals surface area (Å²) in [5, 5.41) is 15.2. The summed E-state index contributed by atoms with van der Waals surface area (Å²) >= 11 is 1.59. The summed E-state index contributed by atoms with van der Waals surface area (Å²) in [4.78, 5) is 15.1. The first-order valence-electron chi connectivity index (χ1n) is 5.88. The molecule has 0 aliphatic carbocycles. The smallest absolute Gasteiger partial charge is 0.371 e. The fourth-order valence-corrected chi connectivity index (χ4v) is 2.46. The van der Waals surface area contributed by atoms with Gasteiger partial charge in [-0.3, -0.25) is 0 Å². The molecule has 2 aromatic rings. The molecule has 0 amide bonds. The van der Waals surface area contributed by atoms with Crippen molar-refractivity contribution in [2.24, 2.45) is 0 Å². The maximum absolute atomic E-state index is 10.8. The van der Waals surface area contributed by atoms with Crippen LogP contribution in [0.25, 0.3) is 0 Å². The van der Waals surface area contributed by atoms with E-state index in [4.69, 9.17) is 9.52 Å². The van der Waals surface area contributed by atoms with Gasteiger partial charge in [0.1, 0.15) is 10.8 Å². The van der Waals surface area contributed by atoms with Crippen LogP contribution in [0.5, 0.6) is 0 Å². The van der Waals surface area contributed by atoms with E-state index in [1.165, 1.54) is 0 Å². The molecule has 102 valence electrons. The zero-order chi connectivity index (χ0) is 14.0. The van der Waals surface area contributed by atoms with Crippen LogP contribution in [0.15, 0.2) is 22.1 Å². The minimum Gasteiger partial charge on any atom is -0.475 e. The van der Waals surface area contributed by atoms with Crippen LogP contribution in [0.4, 0.5) is 0 Å². The number of aromatic carboxylic acids is 1. The van der Waals surface area contributed by atoms with E-state index in [-0.39, 0.29) is 11.3 Å². The molecule has 0 radical (unpaired) electrons. The third kappa shape index (κ3) is 3.02. The first kappa shape index (κ1) is 13.8. The number of rotatable bonds is 5. The lowest BCUT2D eigenvalue weighted by Gasteiger charge is -2.23. The summed E-state index contributed by atoms with van der Waals surface area (Å²) in [6, 6.07) is 1.56. The standard InChI is InChI=1S/C13H16N2O3S/c1-8-9(6-10(18-8)11(16)17)7-15-13(2,3)12-14-4-5-19-12/h4-6,15H,7H2,1-3H3,(H,16,17). The summed E-state index contributed by atoms with van der Waals surface area (Å²) in [5.74, 6) is -0.449. The van der Waals surface area contributed by atoms with Crippen LogP contribution >= 0.6 is 11.3 Å². The van der Waals surface area contributed by atoms with Gasteiger partial charge in [0.2, 0.25) is 5.76 Å². The highest BCUT2D eigenvalue weighted by atomic mass is 32.1. The van der Waals surface area contributed by atoms with Gasteiger partial charge < -0.3 is 14.8 Å². The van der Waals surface area contributed by atoms with Crippen LogP contribution in [0.3, 0.4) is 0 Å². The van der Waals surface area contributed by atoms with Gasteiger partial charge in [0, 0.05) is 23.7 Å².